The average molecular weight is 316 g/mol. The van der Waals surface area contributed by atoms with Gasteiger partial charge in [0, 0.05) is 11.6 Å². The average Bonchev–Trinajstić information content (AvgIpc) is 3.17. The highest BCUT2D eigenvalue weighted by atomic mass is 32.1. The molecule has 114 valence electrons. The molecule has 3 rings (SSSR count). The summed E-state index contributed by atoms with van der Waals surface area (Å²) in [5.41, 5.74) is 3.48. The molecule has 3 aromatic rings. The molecule has 6 nitrogen and oxygen atoms in total. The maximum atomic E-state index is 9.44. The van der Waals surface area contributed by atoms with Crippen molar-refractivity contribution in [1.82, 2.24) is 20.0 Å². The van der Waals surface area contributed by atoms with Crippen molar-refractivity contribution in [2.24, 2.45) is 0 Å². The number of ether oxygens (including phenoxy) is 1. The van der Waals surface area contributed by atoms with Gasteiger partial charge in [-0.1, -0.05) is 17.3 Å². The number of nitrogens with zero attached hydrogens (tertiary/aromatic N) is 4. The Hall–Kier alpha value is -2.25. The van der Waals surface area contributed by atoms with Crippen LogP contribution in [-0.4, -0.2) is 25.1 Å². The highest BCUT2D eigenvalue weighted by Gasteiger charge is 2.16. The van der Waals surface area contributed by atoms with Gasteiger partial charge in [0.25, 0.3) is 0 Å². The van der Waals surface area contributed by atoms with Crippen LogP contribution in [0.4, 0.5) is 0 Å². The molecule has 2 aromatic heterocycles. The van der Waals surface area contributed by atoms with Crippen LogP contribution in [-0.2, 0) is 13.2 Å². The molecule has 1 N–H and O–H groups in total. The van der Waals surface area contributed by atoms with Crippen molar-refractivity contribution in [3.05, 3.63) is 52.3 Å². The highest BCUT2D eigenvalue weighted by molar-refractivity contribution is 7.12. The third kappa shape index (κ3) is 2.72. The molecule has 2 heterocycles. The van der Waals surface area contributed by atoms with Crippen LogP contribution in [0, 0.1) is 13.8 Å². The molecule has 0 bridgehead atoms. The molecule has 0 saturated heterocycles. The molecule has 0 atom stereocenters. The van der Waals surface area contributed by atoms with Crippen LogP contribution < -0.4 is 4.74 Å². The number of rotatable bonds is 5. The van der Waals surface area contributed by atoms with Crippen molar-refractivity contribution in [3.63, 3.8) is 0 Å². The molecular formula is C15H16N4O2S. The summed E-state index contributed by atoms with van der Waals surface area (Å²) < 4.78 is 7.52. The predicted octanol–water partition coefficient (Wildman–Crippen LogP) is 2.41. The van der Waals surface area contributed by atoms with Crippen molar-refractivity contribution in [2.45, 2.75) is 27.1 Å². The molecule has 0 fully saturated rings. The Morgan fingerprint density at radius 3 is 2.91 bits per heavy atom. The molecule has 0 unspecified atom stereocenters. The third-order valence-electron chi connectivity index (χ3n) is 3.51. The van der Waals surface area contributed by atoms with E-state index in [2.05, 4.69) is 15.3 Å². The Morgan fingerprint density at radius 2 is 2.18 bits per heavy atom. The summed E-state index contributed by atoms with van der Waals surface area (Å²) >= 11 is 1.45. The summed E-state index contributed by atoms with van der Waals surface area (Å²) in [6.45, 7) is 4.15. The fraction of sp³-hybridized carbons (Fsp3) is 0.267. The molecule has 0 spiro atoms. The van der Waals surface area contributed by atoms with Gasteiger partial charge in [-0.25, -0.2) is 4.98 Å². The van der Waals surface area contributed by atoms with Gasteiger partial charge in [-0.05, 0) is 31.0 Å². The lowest BCUT2D eigenvalue weighted by Crippen LogP contribution is -2.08. The third-order valence-corrected chi connectivity index (χ3v) is 4.26. The maximum Gasteiger partial charge on any atom is 0.212 e. The van der Waals surface area contributed by atoms with E-state index in [1.54, 1.807) is 10.9 Å². The Balaban J connectivity index is 1.89. The zero-order valence-electron chi connectivity index (χ0n) is 12.4. The first kappa shape index (κ1) is 14.7. The number of aliphatic hydroxyl groups is 1. The normalized spacial score (nSPS) is 10.9. The molecule has 0 aliphatic heterocycles. The van der Waals surface area contributed by atoms with Crippen molar-refractivity contribution >= 4 is 11.3 Å². The van der Waals surface area contributed by atoms with E-state index in [0.29, 0.717) is 16.5 Å². The number of thiazole rings is 1. The first-order valence-corrected chi connectivity index (χ1v) is 7.72. The van der Waals surface area contributed by atoms with Crippen molar-refractivity contribution in [3.8, 4) is 10.9 Å². The quantitative estimate of drug-likeness (QED) is 0.782. The molecule has 22 heavy (non-hydrogen) atoms. The van der Waals surface area contributed by atoms with Crippen LogP contribution in [0.25, 0.3) is 5.13 Å². The van der Waals surface area contributed by atoms with E-state index < -0.39 is 0 Å². The lowest BCUT2D eigenvalue weighted by molar-refractivity contribution is 0.262. The van der Waals surface area contributed by atoms with Crippen LogP contribution in [0.2, 0.25) is 0 Å². The van der Waals surface area contributed by atoms with E-state index in [4.69, 9.17) is 4.74 Å². The Bertz CT molecular complexity index is 768. The van der Waals surface area contributed by atoms with E-state index in [1.165, 1.54) is 16.9 Å². The standard InChI is InChI=1S/C15H16N4O2S/c1-10-4-3-5-14(11(10)2)21-9-13-12(8-20)17-18-19(13)15-16-6-7-22-15/h3-7,20H,8-9H2,1-2H3. The lowest BCUT2D eigenvalue weighted by Gasteiger charge is -2.11. The van der Waals surface area contributed by atoms with Gasteiger partial charge in [0.05, 0.1) is 6.61 Å². The Kier molecular flexibility index (Phi) is 4.17. The molecule has 0 aliphatic rings. The SMILES string of the molecule is Cc1cccc(OCc2c(CO)nnn2-c2nccs2)c1C. The van der Waals surface area contributed by atoms with E-state index in [0.717, 1.165) is 11.3 Å². The van der Waals surface area contributed by atoms with Crippen LogP contribution in [0.1, 0.15) is 22.5 Å². The van der Waals surface area contributed by atoms with E-state index >= 15 is 0 Å². The largest absolute Gasteiger partial charge is 0.487 e. The monoisotopic (exact) mass is 316 g/mol. The van der Waals surface area contributed by atoms with Gasteiger partial charge in [0.1, 0.15) is 23.7 Å². The van der Waals surface area contributed by atoms with Crippen molar-refractivity contribution in [1.29, 1.82) is 0 Å². The second-order valence-corrected chi connectivity index (χ2v) is 5.73. The van der Waals surface area contributed by atoms with Gasteiger partial charge >= 0.3 is 0 Å². The topological polar surface area (TPSA) is 73.1 Å². The van der Waals surface area contributed by atoms with Gasteiger partial charge < -0.3 is 9.84 Å². The number of hydrogen-bond donors (Lipinski definition) is 1. The Labute approximate surface area is 132 Å². The van der Waals surface area contributed by atoms with Gasteiger partial charge in [0.2, 0.25) is 5.13 Å². The van der Waals surface area contributed by atoms with Crippen LogP contribution in [0.15, 0.2) is 29.8 Å². The highest BCUT2D eigenvalue weighted by Crippen LogP contribution is 2.23. The number of hydrogen-bond acceptors (Lipinski definition) is 6. The second kappa shape index (κ2) is 6.25. The summed E-state index contributed by atoms with van der Waals surface area (Å²) in [5, 5.41) is 20.1. The predicted molar refractivity (Wildman–Crippen MR) is 83.2 cm³/mol. The number of aromatic nitrogens is 4. The molecule has 0 aliphatic carbocycles. The number of aryl methyl sites for hydroxylation is 1. The fourth-order valence-electron chi connectivity index (χ4n) is 2.10. The van der Waals surface area contributed by atoms with Gasteiger partial charge in [0.15, 0.2) is 0 Å². The molecule has 1 aromatic carbocycles. The minimum absolute atomic E-state index is 0.184. The number of benzene rings is 1. The zero-order chi connectivity index (χ0) is 15.5. The summed E-state index contributed by atoms with van der Waals surface area (Å²) in [4.78, 5) is 4.22. The first-order valence-electron chi connectivity index (χ1n) is 6.84. The minimum atomic E-state index is -0.184. The second-order valence-electron chi connectivity index (χ2n) is 4.85. The van der Waals surface area contributed by atoms with Gasteiger partial charge in [-0.2, -0.15) is 4.68 Å². The summed E-state index contributed by atoms with van der Waals surface area (Å²) in [7, 11) is 0. The smallest absolute Gasteiger partial charge is 0.212 e. The molecule has 0 radical (unpaired) electrons. The van der Waals surface area contributed by atoms with E-state index in [9.17, 15) is 5.11 Å². The van der Waals surface area contributed by atoms with Crippen LogP contribution >= 0.6 is 11.3 Å². The number of aliphatic hydroxyl groups excluding tert-OH is 1. The molecule has 0 saturated carbocycles. The molecule has 7 heteroatoms. The summed E-state index contributed by atoms with van der Waals surface area (Å²) in [6.07, 6.45) is 1.70. The zero-order valence-corrected chi connectivity index (χ0v) is 13.2. The van der Waals surface area contributed by atoms with Crippen LogP contribution in [0.3, 0.4) is 0 Å². The van der Waals surface area contributed by atoms with Crippen molar-refractivity contribution < 1.29 is 9.84 Å². The summed E-state index contributed by atoms with van der Waals surface area (Å²) in [5.74, 6) is 0.816. The Morgan fingerprint density at radius 1 is 1.32 bits per heavy atom. The minimum Gasteiger partial charge on any atom is -0.487 e. The van der Waals surface area contributed by atoms with E-state index in [-0.39, 0.29) is 13.2 Å². The van der Waals surface area contributed by atoms with Gasteiger partial charge in [-0.3, -0.25) is 0 Å². The van der Waals surface area contributed by atoms with Crippen molar-refractivity contribution in [2.75, 3.05) is 0 Å². The van der Waals surface area contributed by atoms with Crippen LogP contribution in [0.5, 0.6) is 5.75 Å². The fourth-order valence-corrected chi connectivity index (χ4v) is 2.71. The molecular weight excluding hydrogens is 300 g/mol. The lowest BCUT2D eigenvalue weighted by atomic mass is 10.1. The maximum absolute atomic E-state index is 9.44. The van der Waals surface area contributed by atoms with E-state index in [1.807, 2.05) is 37.4 Å². The molecule has 0 amide bonds. The van der Waals surface area contributed by atoms with Gasteiger partial charge in [-0.15, -0.1) is 16.4 Å². The summed E-state index contributed by atoms with van der Waals surface area (Å²) in [6, 6.07) is 5.93. The first-order chi connectivity index (χ1) is 10.7.